The first-order valence-corrected chi connectivity index (χ1v) is 11.1. The van der Waals surface area contributed by atoms with Crippen LogP contribution in [0.4, 0.5) is 0 Å². The van der Waals surface area contributed by atoms with E-state index in [1.165, 1.54) is 11.8 Å². The number of rotatable bonds is 9. The smallest absolute Gasteiger partial charge is 0.287 e. The Morgan fingerprint density at radius 1 is 1.16 bits per heavy atom. The standard InChI is InChI=1S/C22H23N5O3S/c1-14(2)20-26-18(30-27-20)9-5-10-23-21(28)19-16(13-31-22-24-11-6-12-25-22)15-7-3-4-8-17(15)29-19/h3-4,6-8,11-12,14H,5,9-10,13H2,1-2H3,(H,23,28). The molecule has 160 valence electrons. The molecule has 0 radical (unpaired) electrons. The summed E-state index contributed by atoms with van der Waals surface area (Å²) in [5.41, 5.74) is 1.52. The lowest BCUT2D eigenvalue weighted by Gasteiger charge is -2.05. The van der Waals surface area contributed by atoms with Crippen LogP contribution in [-0.2, 0) is 12.2 Å². The molecule has 0 atom stereocenters. The number of furan rings is 1. The van der Waals surface area contributed by atoms with Gasteiger partial charge in [-0.25, -0.2) is 9.97 Å². The number of nitrogens with zero attached hydrogens (tertiary/aromatic N) is 4. The molecule has 31 heavy (non-hydrogen) atoms. The zero-order valence-electron chi connectivity index (χ0n) is 17.4. The highest BCUT2D eigenvalue weighted by Gasteiger charge is 2.20. The summed E-state index contributed by atoms with van der Waals surface area (Å²) in [5.74, 6) is 2.12. The number of hydrogen-bond donors (Lipinski definition) is 1. The topological polar surface area (TPSA) is 107 Å². The van der Waals surface area contributed by atoms with E-state index in [4.69, 9.17) is 8.94 Å². The van der Waals surface area contributed by atoms with Crippen molar-refractivity contribution in [2.24, 2.45) is 0 Å². The van der Waals surface area contributed by atoms with Gasteiger partial charge in [0.1, 0.15) is 5.58 Å². The summed E-state index contributed by atoms with van der Waals surface area (Å²) in [6, 6.07) is 9.41. The average Bonchev–Trinajstić information content (AvgIpc) is 3.41. The van der Waals surface area contributed by atoms with Crippen LogP contribution in [-0.4, -0.2) is 32.6 Å². The minimum Gasteiger partial charge on any atom is -0.451 e. The predicted molar refractivity (Wildman–Crippen MR) is 117 cm³/mol. The molecule has 0 fully saturated rings. The van der Waals surface area contributed by atoms with E-state index in [9.17, 15) is 4.79 Å². The molecule has 0 bridgehead atoms. The van der Waals surface area contributed by atoms with E-state index in [1.54, 1.807) is 18.5 Å². The molecule has 4 aromatic rings. The van der Waals surface area contributed by atoms with Crippen molar-refractivity contribution in [2.75, 3.05) is 6.54 Å². The second-order valence-corrected chi connectivity index (χ2v) is 8.23. The van der Waals surface area contributed by atoms with E-state index in [0.717, 1.165) is 10.9 Å². The fourth-order valence-electron chi connectivity index (χ4n) is 3.05. The third-order valence-electron chi connectivity index (χ3n) is 4.65. The predicted octanol–water partition coefficient (Wildman–Crippen LogP) is 4.38. The van der Waals surface area contributed by atoms with E-state index >= 15 is 0 Å². The number of benzene rings is 1. The number of aromatic nitrogens is 4. The third kappa shape index (κ3) is 5.11. The summed E-state index contributed by atoms with van der Waals surface area (Å²) in [5, 5.41) is 8.46. The summed E-state index contributed by atoms with van der Waals surface area (Å²) in [4.78, 5) is 25.7. The molecule has 0 aliphatic heterocycles. The van der Waals surface area contributed by atoms with Crippen LogP contribution in [0.25, 0.3) is 11.0 Å². The van der Waals surface area contributed by atoms with E-state index in [2.05, 4.69) is 25.4 Å². The van der Waals surface area contributed by atoms with Gasteiger partial charge in [-0.2, -0.15) is 4.98 Å². The Morgan fingerprint density at radius 3 is 2.74 bits per heavy atom. The Morgan fingerprint density at radius 2 is 1.97 bits per heavy atom. The van der Waals surface area contributed by atoms with Gasteiger partial charge < -0.3 is 14.3 Å². The number of para-hydroxylation sites is 1. The van der Waals surface area contributed by atoms with Gasteiger partial charge >= 0.3 is 0 Å². The Bertz CT molecular complexity index is 1160. The number of nitrogens with one attached hydrogen (secondary N) is 1. The van der Waals surface area contributed by atoms with Crippen molar-refractivity contribution in [2.45, 2.75) is 43.5 Å². The van der Waals surface area contributed by atoms with E-state index in [0.29, 0.717) is 53.4 Å². The van der Waals surface area contributed by atoms with Gasteiger partial charge in [-0.1, -0.05) is 49.0 Å². The number of aryl methyl sites for hydroxylation is 1. The van der Waals surface area contributed by atoms with Gasteiger partial charge in [0.2, 0.25) is 5.89 Å². The summed E-state index contributed by atoms with van der Waals surface area (Å²) in [6.45, 7) is 4.51. The molecule has 9 heteroatoms. The molecule has 0 aliphatic rings. The van der Waals surface area contributed by atoms with Crippen molar-refractivity contribution in [3.8, 4) is 0 Å². The van der Waals surface area contributed by atoms with Crippen LogP contribution < -0.4 is 5.32 Å². The lowest BCUT2D eigenvalue weighted by atomic mass is 10.1. The average molecular weight is 438 g/mol. The van der Waals surface area contributed by atoms with Crippen molar-refractivity contribution in [1.29, 1.82) is 0 Å². The highest BCUT2D eigenvalue weighted by Crippen LogP contribution is 2.31. The number of fused-ring (bicyclic) bond motifs is 1. The summed E-state index contributed by atoms with van der Waals surface area (Å²) < 4.78 is 11.1. The van der Waals surface area contributed by atoms with Crippen LogP contribution in [0.3, 0.4) is 0 Å². The van der Waals surface area contributed by atoms with Crippen LogP contribution in [0.15, 0.2) is 56.8 Å². The molecular weight excluding hydrogens is 414 g/mol. The Hall–Kier alpha value is -3.20. The van der Waals surface area contributed by atoms with Crippen molar-refractivity contribution in [3.63, 3.8) is 0 Å². The highest BCUT2D eigenvalue weighted by molar-refractivity contribution is 7.98. The molecule has 0 spiro atoms. The molecular formula is C22H23N5O3S. The molecule has 0 aliphatic carbocycles. The molecule has 0 saturated carbocycles. The lowest BCUT2D eigenvalue weighted by Crippen LogP contribution is -2.25. The van der Waals surface area contributed by atoms with Crippen molar-refractivity contribution in [3.05, 3.63) is 65.8 Å². The number of carbonyl (C=O) groups is 1. The number of hydrogen-bond acceptors (Lipinski definition) is 8. The summed E-state index contributed by atoms with van der Waals surface area (Å²) >= 11 is 1.46. The largest absolute Gasteiger partial charge is 0.451 e. The number of carbonyl (C=O) groups excluding carboxylic acids is 1. The zero-order valence-corrected chi connectivity index (χ0v) is 18.2. The first kappa shape index (κ1) is 21.0. The second-order valence-electron chi connectivity index (χ2n) is 7.29. The van der Waals surface area contributed by atoms with E-state index in [-0.39, 0.29) is 11.8 Å². The molecule has 3 aromatic heterocycles. The second kappa shape index (κ2) is 9.74. The molecule has 8 nitrogen and oxygen atoms in total. The normalized spacial score (nSPS) is 11.3. The maximum Gasteiger partial charge on any atom is 0.287 e. The fourth-order valence-corrected chi connectivity index (χ4v) is 3.88. The quantitative estimate of drug-likeness (QED) is 0.233. The van der Waals surface area contributed by atoms with Gasteiger partial charge in [-0.05, 0) is 18.6 Å². The van der Waals surface area contributed by atoms with Crippen molar-refractivity contribution in [1.82, 2.24) is 25.4 Å². The maximum absolute atomic E-state index is 12.9. The fraction of sp³-hybridized carbons (Fsp3) is 0.318. The maximum atomic E-state index is 12.9. The summed E-state index contributed by atoms with van der Waals surface area (Å²) in [7, 11) is 0. The van der Waals surface area contributed by atoms with Gasteiger partial charge in [-0.3, -0.25) is 4.79 Å². The van der Waals surface area contributed by atoms with Crippen LogP contribution in [0.1, 0.15) is 54.0 Å². The molecule has 1 amide bonds. The van der Waals surface area contributed by atoms with Gasteiger partial charge in [0.05, 0.1) is 0 Å². The van der Waals surface area contributed by atoms with Crippen LogP contribution in [0.5, 0.6) is 0 Å². The van der Waals surface area contributed by atoms with Crippen LogP contribution >= 0.6 is 11.8 Å². The van der Waals surface area contributed by atoms with Crippen LogP contribution in [0, 0.1) is 0 Å². The molecule has 1 aromatic carbocycles. The van der Waals surface area contributed by atoms with E-state index < -0.39 is 0 Å². The van der Waals surface area contributed by atoms with Gasteiger partial charge in [0.25, 0.3) is 5.91 Å². The first-order chi connectivity index (χ1) is 15.1. The Labute approximate surface area is 183 Å². The lowest BCUT2D eigenvalue weighted by molar-refractivity contribution is 0.0926. The number of amides is 1. The van der Waals surface area contributed by atoms with Crippen molar-refractivity contribution < 1.29 is 13.7 Å². The first-order valence-electron chi connectivity index (χ1n) is 10.1. The molecule has 4 rings (SSSR count). The van der Waals surface area contributed by atoms with Crippen molar-refractivity contribution >= 4 is 28.6 Å². The summed E-state index contributed by atoms with van der Waals surface area (Å²) in [6.07, 6.45) is 4.69. The third-order valence-corrected chi connectivity index (χ3v) is 5.55. The Kier molecular flexibility index (Phi) is 6.61. The SMILES string of the molecule is CC(C)c1noc(CCCNC(=O)c2oc3ccccc3c2CSc2ncccn2)n1. The number of thioether (sulfide) groups is 1. The van der Waals surface area contributed by atoms with Gasteiger partial charge in [0.15, 0.2) is 16.7 Å². The Balaban J connectivity index is 1.40. The van der Waals surface area contributed by atoms with Crippen LogP contribution in [0.2, 0.25) is 0 Å². The minimum absolute atomic E-state index is 0.225. The molecule has 3 heterocycles. The van der Waals surface area contributed by atoms with Gasteiger partial charge in [0, 0.05) is 48.0 Å². The molecule has 1 N–H and O–H groups in total. The van der Waals surface area contributed by atoms with Gasteiger partial charge in [-0.15, -0.1) is 0 Å². The monoisotopic (exact) mass is 437 g/mol. The zero-order chi connectivity index (χ0) is 21.6. The minimum atomic E-state index is -0.242. The highest BCUT2D eigenvalue weighted by atomic mass is 32.2. The van der Waals surface area contributed by atoms with E-state index in [1.807, 2.05) is 38.1 Å². The molecule has 0 saturated heterocycles. The molecule has 0 unspecified atom stereocenters.